The summed E-state index contributed by atoms with van der Waals surface area (Å²) in [5.74, 6) is -0.0892. The summed E-state index contributed by atoms with van der Waals surface area (Å²) in [6, 6.07) is 9.00. The SMILES string of the molecule is CCOC(=O)c1sc(NC(=O)c2ccc(OC3CCCC3)cc2)c(C#N)c1C. The van der Waals surface area contributed by atoms with E-state index in [2.05, 4.69) is 11.4 Å². The lowest BCUT2D eigenvalue weighted by atomic mass is 10.1. The Morgan fingerprint density at radius 1 is 1.25 bits per heavy atom. The number of thiophene rings is 1. The summed E-state index contributed by atoms with van der Waals surface area (Å²) in [4.78, 5) is 24.9. The minimum Gasteiger partial charge on any atom is -0.490 e. The molecule has 0 spiro atoms. The third kappa shape index (κ3) is 4.34. The molecule has 1 aliphatic rings. The van der Waals surface area contributed by atoms with Crippen LogP contribution in [0.3, 0.4) is 0 Å². The Labute approximate surface area is 168 Å². The van der Waals surface area contributed by atoms with Crippen LogP contribution < -0.4 is 10.1 Å². The van der Waals surface area contributed by atoms with Gasteiger partial charge in [-0.1, -0.05) is 0 Å². The number of carbonyl (C=O) groups is 2. The molecule has 1 heterocycles. The summed E-state index contributed by atoms with van der Waals surface area (Å²) >= 11 is 1.05. The predicted molar refractivity (Wildman–Crippen MR) is 107 cm³/mol. The molecule has 7 heteroatoms. The highest BCUT2D eigenvalue weighted by Crippen LogP contribution is 2.33. The number of ether oxygens (including phenoxy) is 2. The lowest BCUT2D eigenvalue weighted by Gasteiger charge is -2.13. The first-order valence-corrected chi connectivity index (χ1v) is 10.1. The highest BCUT2D eigenvalue weighted by atomic mass is 32.1. The van der Waals surface area contributed by atoms with Gasteiger partial charge in [-0.05, 0) is 69.4 Å². The fourth-order valence-corrected chi connectivity index (χ4v) is 4.23. The number of carbonyl (C=O) groups excluding carboxylic acids is 2. The number of esters is 1. The molecule has 1 aromatic carbocycles. The Kier molecular flexibility index (Phi) is 6.32. The molecule has 1 saturated carbocycles. The van der Waals surface area contributed by atoms with Crippen LogP contribution in [0.15, 0.2) is 24.3 Å². The molecule has 0 radical (unpaired) electrons. The van der Waals surface area contributed by atoms with Crippen molar-refractivity contribution in [3.63, 3.8) is 0 Å². The van der Waals surface area contributed by atoms with Crippen molar-refractivity contribution in [2.45, 2.75) is 45.6 Å². The minimum absolute atomic E-state index is 0.245. The Hall–Kier alpha value is -2.85. The smallest absolute Gasteiger partial charge is 0.348 e. The van der Waals surface area contributed by atoms with Gasteiger partial charge in [-0.2, -0.15) is 5.26 Å². The molecule has 1 N–H and O–H groups in total. The van der Waals surface area contributed by atoms with Crippen molar-refractivity contribution in [3.8, 4) is 11.8 Å². The van der Waals surface area contributed by atoms with Crippen molar-refractivity contribution in [1.29, 1.82) is 5.26 Å². The average molecular weight is 398 g/mol. The number of benzene rings is 1. The average Bonchev–Trinajstić information content (AvgIpc) is 3.30. The van der Waals surface area contributed by atoms with Gasteiger partial charge in [0, 0.05) is 5.56 Å². The highest BCUT2D eigenvalue weighted by molar-refractivity contribution is 7.18. The number of anilines is 1. The molecule has 0 aliphatic heterocycles. The lowest BCUT2D eigenvalue weighted by Crippen LogP contribution is -2.13. The molecule has 1 amide bonds. The molecule has 0 unspecified atom stereocenters. The standard InChI is InChI=1S/C21H22N2O4S/c1-3-26-21(25)18-13(2)17(12-22)20(28-18)23-19(24)14-8-10-16(11-9-14)27-15-6-4-5-7-15/h8-11,15H,3-7H2,1-2H3,(H,23,24). The molecule has 0 atom stereocenters. The molecule has 28 heavy (non-hydrogen) atoms. The topological polar surface area (TPSA) is 88.4 Å². The maximum absolute atomic E-state index is 12.6. The van der Waals surface area contributed by atoms with Crippen molar-refractivity contribution in [1.82, 2.24) is 0 Å². The number of hydrogen-bond donors (Lipinski definition) is 1. The van der Waals surface area contributed by atoms with E-state index in [1.807, 2.05) is 0 Å². The molecule has 1 aromatic heterocycles. The predicted octanol–water partition coefficient (Wildman–Crippen LogP) is 4.68. The zero-order chi connectivity index (χ0) is 20.1. The second-order valence-electron chi connectivity index (χ2n) is 6.60. The fraction of sp³-hybridized carbons (Fsp3) is 0.381. The summed E-state index contributed by atoms with van der Waals surface area (Å²) in [5.41, 5.74) is 1.25. The normalized spacial score (nSPS) is 13.8. The summed E-state index contributed by atoms with van der Waals surface area (Å²) in [5, 5.41) is 12.5. The number of nitrogens with one attached hydrogen (secondary N) is 1. The number of amides is 1. The summed E-state index contributed by atoms with van der Waals surface area (Å²) in [6.45, 7) is 3.63. The van der Waals surface area contributed by atoms with Crippen molar-refractivity contribution in [3.05, 3.63) is 45.8 Å². The van der Waals surface area contributed by atoms with Crippen LogP contribution in [0, 0.1) is 18.3 Å². The first-order valence-electron chi connectivity index (χ1n) is 9.32. The maximum atomic E-state index is 12.6. The first kappa shape index (κ1) is 19.9. The lowest BCUT2D eigenvalue weighted by molar-refractivity contribution is 0.0531. The second-order valence-corrected chi connectivity index (χ2v) is 7.62. The molecule has 6 nitrogen and oxygen atoms in total. The van der Waals surface area contributed by atoms with Crippen molar-refractivity contribution < 1.29 is 19.1 Å². The number of rotatable bonds is 6. The van der Waals surface area contributed by atoms with E-state index in [0.29, 0.717) is 21.0 Å². The van der Waals surface area contributed by atoms with Crippen LogP contribution in [0.2, 0.25) is 0 Å². The van der Waals surface area contributed by atoms with Gasteiger partial charge in [0.15, 0.2) is 0 Å². The Morgan fingerprint density at radius 2 is 1.93 bits per heavy atom. The van der Waals surface area contributed by atoms with Crippen molar-refractivity contribution in [2.75, 3.05) is 11.9 Å². The van der Waals surface area contributed by atoms with E-state index in [1.165, 1.54) is 12.8 Å². The quantitative estimate of drug-likeness (QED) is 0.714. The maximum Gasteiger partial charge on any atom is 0.348 e. The minimum atomic E-state index is -0.490. The Morgan fingerprint density at radius 3 is 2.54 bits per heavy atom. The zero-order valence-corrected chi connectivity index (χ0v) is 16.7. The fourth-order valence-electron chi connectivity index (χ4n) is 3.19. The Bertz CT molecular complexity index is 906. The van der Waals surface area contributed by atoms with Crippen LogP contribution in [-0.2, 0) is 4.74 Å². The summed E-state index contributed by atoms with van der Waals surface area (Å²) < 4.78 is 10.9. The zero-order valence-electron chi connectivity index (χ0n) is 15.9. The van der Waals surface area contributed by atoms with Gasteiger partial charge in [-0.25, -0.2) is 4.79 Å². The number of nitrogens with zero attached hydrogens (tertiary/aromatic N) is 1. The summed E-state index contributed by atoms with van der Waals surface area (Å²) in [7, 11) is 0. The van der Waals surface area contributed by atoms with E-state index in [1.54, 1.807) is 38.1 Å². The van der Waals surface area contributed by atoms with Gasteiger partial charge >= 0.3 is 5.97 Å². The third-order valence-corrected chi connectivity index (χ3v) is 5.86. The van der Waals surface area contributed by atoms with E-state index >= 15 is 0 Å². The van der Waals surface area contributed by atoms with Crippen LogP contribution in [0.4, 0.5) is 5.00 Å². The van der Waals surface area contributed by atoms with Crippen LogP contribution in [0.5, 0.6) is 5.75 Å². The van der Waals surface area contributed by atoms with E-state index in [0.717, 1.165) is 29.9 Å². The van der Waals surface area contributed by atoms with E-state index in [9.17, 15) is 14.9 Å². The van der Waals surface area contributed by atoms with Gasteiger partial charge in [0.1, 0.15) is 21.7 Å². The van der Waals surface area contributed by atoms with Crippen LogP contribution in [-0.4, -0.2) is 24.6 Å². The van der Waals surface area contributed by atoms with Crippen molar-refractivity contribution in [2.24, 2.45) is 0 Å². The molecule has 3 rings (SSSR count). The summed E-state index contributed by atoms with van der Waals surface area (Å²) in [6.07, 6.45) is 4.79. The van der Waals surface area contributed by atoms with E-state index in [4.69, 9.17) is 9.47 Å². The van der Waals surface area contributed by atoms with Crippen LogP contribution >= 0.6 is 11.3 Å². The van der Waals surface area contributed by atoms with Gasteiger partial charge in [-0.3, -0.25) is 4.79 Å². The van der Waals surface area contributed by atoms with E-state index in [-0.39, 0.29) is 24.2 Å². The largest absolute Gasteiger partial charge is 0.490 e. The molecular formula is C21H22N2O4S. The van der Waals surface area contributed by atoms with Crippen LogP contribution in [0.25, 0.3) is 0 Å². The van der Waals surface area contributed by atoms with Gasteiger partial charge in [0.05, 0.1) is 18.3 Å². The van der Waals surface area contributed by atoms with Crippen LogP contribution in [0.1, 0.15) is 63.8 Å². The monoisotopic (exact) mass is 398 g/mol. The van der Waals surface area contributed by atoms with Gasteiger partial charge in [-0.15, -0.1) is 11.3 Å². The second kappa shape index (κ2) is 8.89. The first-order chi connectivity index (χ1) is 13.5. The number of hydrogen-bond acceptors (Lipinski definition) is 6. The Balaban J connectivity index is 1.72. The molecular weight excluding hydrogens is 376 g/mol. The molecule has 0 bridgehead atoms. The molecule has 0 saturated heterocycles. The molecule has 1 aliphatic carbocycles. The molecule has 2 aromatic rings. The number of nitriles is 1. The van der Waals surface area contributed by atoms with Gasteiger partial charge in [0.25, 0.3) is 5.91 Å². The molecule has 1 fully saturated rings. The molecule has 146 valence electrons. The van der Waals surface area contributed by atoms with E-state index < -0.39 is 5.97 Å². The third-order valence-electron chi connectivity index (χ3n) is 4.67. The van der Waals surface area contributed by atoms with Gasteiger partial charge < -0.3 is 14.8 Å². The van der Waals surface area contributed by atoms with Crippen molar-refractivity contribution >= 4 is 28.2 Å². The highest BCUT2D eigenvalue weighted by Gasteiger charge is 2.22. The van der Waals surface area contributed by atoms with Gasteiger partial charge in [0.2, 0.25) is 0 Å².